The third-order valence-electron chi connectivity index (χ3n) is 7.31. The first-order valence-electron chi connectivity index (χ1n) is 12.1. The molecule has 0 bridgehead atoms. The first-order chi connectivity index (χ1) is 18.3. The van der Waals surface area contributed by atoms with E-state index in [0.717, 1.165) is 10.5 Å². The SMILES string of the molecule is CCN1C(=O)C2C(c3ccccc3)C(C(=O)c3ccc(Cl)cc3)C(c3ccc(OC)c([N+](=O)[O-])c3)N2C1=O. The van der Waals surface area contributed by atoms with Crippen LogP contribution < -0.4 is 4.74 Å². The number of carbonyl (C=O) groups is 3. The van der Waals surface area contributed by atoms with Crippen LogP contribution in [-0.4, -0.2) is 52.1 Å². The summed E-state index contributed by atoms with van der Waals surface area (Å²) in [6, 6.07) is 17.5. The number of Topliss-reactive ketones (excluding diaryl/α,β-unsaturated/α-hetero) is 1. The molecule has 4 unspecified atom stereocenters. The van der Waals surface area contributed by atoms with Crippen LogP contribution in [0.5, 0.6) is 5.75 Å². The van der Waals surface area contributed by atoms with E-state index in [2.05, 4.69) is 0 Å². The van der Waals surface area contributed by atoms with Crippen LogP contribution in [0.3, 0.4) is 0 Å². The van der Waals surface area contributed by atoms with Gasteiger partial charge in [0.05, 0.1) is 24.0 Å². The Morgan fingerprint density at radius 3 is 2.29 bits per heavy atom. The van der Waals surface area contributed by atoms with E-state index in [4.69, 9.17) is 16.3 Å². The van der Waals surface area contributed by atoms with Crippen molar-refractivity contribution in [3.63, 3.8) is 0 Å². The molecule has 2 fully saturated rings. The largest absolute Gasteiger partial charge is 0.490 e. The highest BCUT2D eigenvalue weighted by molar-refractivity contribution is 6.30. The van der Waals surface area contributed by atoms with Gasteiger partial charge in [0.15, 0.2) is 11.5 Å². The van der Waals surface area contributed by atoms with E-state index in [0.29, 0.717) is 16.1 Å². The highest BCUT2D eigenvalue weighted by atomic mass is 35.5. The van der Waals surface area contributed by atoms with Gasteiger partial charge in [-0.1, -0.05) is 48.0 Å². The fourth-order valence-corrected chi connectivity index (χ4v) is 5.81. The number of fused-ring (bicyclic) bond motifs is 1. The average Bonchev–Trinajstić information content (AvgIpc) is 3.40. The van der Waals surface area contributed by atoms with Crippen molar-refractivity contribution in [3.05, 3.63) is 105 Å². The fourth-order valence-electron chi connectivity index (χ4n) is 5.69. The summed E-state index contributed by atoms with van der Waals surface area (Å²) in [5.74, 6) is -2.22. The number of urea groups is 1. The quantitative estimate of drug-likeness (QED) is 0.178. The first-order valence-corrected chi connectivity index (χ1v) is 12.5. The van der Waals surface area contributed by atoms with Gasteiger partial charge in [-0.2, -0.15) is 0 Å². The van der Waals surface area contributed by atoms with Gasteiger partial charge < -0.3 is 9.64 Å². The van der Waals surface area contributed by atoms with Crippen LogP contribution >= 0.6 is 11.6 Å². The lowest BCUT2D eigenvalue weighted by molar-refractivity contribution is -0.385. The van der Waals surface area contributed by atoms with Crippen molar-refractivity contribution in [2.45, 2.75) is 24.9 Å². The van der Waals surface area contributed by atoms with Crippen LogP contribution in [0.15, 0.2) is 72.8 Å². The summed E-state index contributed by atoms with van der Waals surface area (Å²) in [4.78, 5) is 55.3. The predicted molar refractivity (Wildman–Crippen MR) is 139 cm³/mol. The molecule has 3 amide bonds. The molecule has 0 saturated carbocycles. The van der Waals surface area contributed by atoms with Gasteiger partial charge in [0.1, 0.15) is 6.04 Å². The Kier molecular flexibility index (Phi) is 6.62. The van der Waals surface area contributed by atoms with Crippen LogP contribution in [0.1, 0.15) is 40.4 Å². The molecule has 0 N–H and O–H groups in total. The molecule has 9 nitrogen and oxygen atoms in total. The number of imide groups is 1. The van der Waals surface area contributed by atoms with Crippen LogP contribution in [-0.2, 0) is 4.79 Å². The van der Waals surface area contributed by atoms with Crippen LogP contribution in [0, 0.1) is 16.0 Å². The summed E-state index contributed by atoms with van der Waals surface area (Å²) >= 11 is 6.06. The van der Waals surface area contributed by atoms with Gasteiger partial charge in [-0.05, 0) is 48.4 Å². The Labute approximate surface area is 223 Å². The Balaban J connectivity index is 1.76. The molecule has 3 aromatic rings. The Morgan fingerprint density at radius 2 is 1.68 bits per heavy atom. The van der Waals surface area contributed by atoms with Gasteiger partial charge in [0, 0.05) is 29.1 Å². The molecule has 0 radical (unpaired) electrons. The minimum absolute atomic E-state index is 0.0486. The molecular weight excluding hydrogens is 510 g/mol. The Bertz CT molecular complexity index is 1430. The van der Waals surface area contributed by atoms with Gasteiger partial charge >= 0.3 is 11.7 Å². The number of amides is 3. The second-order valence-corrected chi connectivity index (χ2v) is 9.62. The number of nitro groups is 1. The molecule has 4 atom stereocenters. The molecule has 2 aliphatic heterocycles. The number of methoxy groups -OCH3 is 1. The number of ketones is 1. The highest BCUT2D eigenvalue weighted by Crippen LogP contribution is 2.54. The zero-order chi connectivity index (χ0) is 27.1. The van der Waals surface area contributed by atoms with E-state index >= 15 is 0 Å². The molecule has 3 aromatic carbocycles. The van der Waals surface area contributed by atoms with Crippen LogP contribution in [0.2, 0.25) is 5.02 Å². The molecule has 38 heavy (non-hydrogen) atoms. The molecule has 5 rings (SSSR count). The summed E-state index contributed by atoms with van der Waals surface area (Å²) in [5.41, 5.74) is 1.15. The molecule has 10 heteroatoms. The number of carbonyl (C=O) groups excluding carboxylic acids is 3. The van der Waals surface area contributed by atoms with E-state index in [1.807, 2.05) is 30.3 Å². The topological polar surface area (TPSA) is 110 Å². The van der Waals surface area contributed by atoms with Crippen molar-refractivity contribution in [2.75, 3.05) is 13.7 Å². The number of ether oxygens (including phenoxy) is 1. The van der Waals surface area contributed by atoms with Crippen molar-refractivity contribution in [1.82, 2.24) is 9.80 Å². The minimum Gasteiger partial charge on any atom is -0.490 e. The molecular formula is C28H24ClN3O6. The molecule has 194 valence electrons. The van der Waals surface area contributed by atoms with E-state index in [-0.39, 0.29) is 23.8 Å². The van der Waals surface area contributed by atoms with Gasteiger partial charge in [0.25, 0.3) is 5.91 Å². The number of nitro benzene ring substituents is 1. The van der Waals surface area contributed by atoms with Gasteiger partial charge in [-0.25, -0.2) is 4.79 Å². The molecule has 0 spiro atoms. The summed E-state index contributed by atoms with van der Waals surface area (Å²) < 4.78 is 5.16. The number of nitrogens with zero attached hydrogens (tertiary/aromatic N) is 3. The maximum atomic E-state index is 14.2. The second kappa shape index (κ2) is 9.90. The average molecular weight is 534 g/mol. The molecule has 2 aliphatic rings. The maximum Gasteiger partial charge on any atom is 0.327 e. The molecule has 2 heterocycles. The van der Waals surface area contributed by atoms with Crippen molar-refractivity contribution in [3.8, 4) is 5.75 Å². The number of rotatable bonds is 7. The standard InChI is InChI=1S/C28H24ClN3O6/c1-3-30-27(34)25-22(16-7-5-4-6-8-16)23(26(33)17-9-12-19(29)13-10-17)24(31(25)28(30)35)18-11-14-21(38-2)20(15-18)32(36)37/h4-15,22-25H,3H2,1-2H3. The fraction of sp³-hybridized carbons (Fsp3) is 0.250. The highest BCUT2D eigenvalue weighted by Gasteiger charge is 2.63. The number of likely N-dealkylation sites (N-methyl/N-ethyl adjacent to an activating group) is 1. The normalized spacial score (nSPS) is 22.5. The monoisotopic (exact) mass is 533 g/mol. The zero-order valence-corrected chi connectivity index (χ0v) is 21.4. The van der Waals surface area contributed by atoms with Crippen molar-refractivity contribution in [1.29, 1.82) is 0 Å². The number of hydrogen-bond donors (Lipinski definition) is 0. The number of benzene rings is 3. The van der Waals surface area contributed by atoms with Gasteiger partial charge in [0.2, 0.25) is 0 Å². The van der Waals surface area contributed by atoms with Crippen molar-refractivity contribution < 1.29 is 24.0 Å². The van der Waals surface area contributed by atoms with E-state index in [1.54, 1.807) is 37.3 Å². The lowest BCUT2D eigenvalue weighted by Crippen LogP contribution is -2.38. The van der Waals surface area contributed by atoms with Gasteiger partial charge in [-0.3, -0.25) is 24.6 Å². The van der Waals surface area contributed by atoms with E-state index < -0.39 is 40.8 Å². The minimum atomic E-state index is -0.947. The third kappa shape index (κ3) is 3.99. The summed E-state index contributed by atoms with van der Waals surface area (Å²) in [7, 11) is 1.33. The van der Waals surface area contributed by atoms with E-state index in [1.165, 1.54) is 24.1 Å². The van der Waals surface area contributed by atoms with Crippen molar-refractivity contribution in [2.24, 2.45) is 5.92 Å². The molecule has 0 aliphatic carbocycles. The zero-order valence-electron chi connectivity index (χ0n) is 20.6. The summed E-state index contributed by atoms with van der Waals surface area (Å²) in [6.07, 6.45) is 0. The number of hydrogen-bond acceptors (Lipinski definition) is 6. The third-order valence-corrected chi connectivity index (χ3v) is 7.56. The summed E-state index contributed by atoms with van der Waals surface area (Å²) in [6.45, 7) is 1.87. The first kappa shape index (κ1) is 25.4. The Hall–Kier alpha value is -4.24. The lowest BCUT2D eigenvalue weighted by atomic mass is 9.75. The smallest absolute Gasteiger partial charge is 0.327 e. The second-order valence-electron chi connectivity index (χ2n) is 9.18. The molecule has 2 saturated heterocycles. The summed E-state index contributed by atoms with van der Waals surface area (Å²) in [5, 5.41) is 12.3. The lowest BCUT2D eigenvalue weighted by Gasteiger charge is -2.28. The Morgan fingerprint density at radius 1 is 1.00 bits per heavy atom. The number of halogens is 1. The maximum absolute atomic E-state index is 14.2. The van der Waals surface area contributed by atoms with Gasteiger partial charge in [-0.15, -0.1) is 0 Å². The van der Waals surface area contributed by atoms with Crippen LogP contribution in [0.4, 0.5) is 10.5 Å². The van der Waals surface area contributed by atoms with Crippen molar-refractivity contribution >= 4 is 35.0 Å². The van der Waals surface area contributed by atoms with Crippen LogP contribution in [0.25, 0.3) is 0 Å². The molecule has 0 aromatic heterocycles. The predicted octanol–water partition coefficient (Wildman–Crippen LogP) is 5.25. The van der Waals surface area contributed by atoms with E-state index in [9.17, 15) is 24.5 Å².